The monoisotopic (exact) mass is 223 g/mol. The number of aliphatic hydroxyl groups is 1. The highest BCUT2D eigenvalue weighted by atomic mass is 16.5. The Labute approximate surface area is 97.5 Å². The number of nitrogens with two attached hydrogens (primary N) is 1. The molecular formula is C13H21NO2. The second kappa shape index (κ2) is 8.80. The van der Waals surface area contributed by atoms with Crippen molar-refractivity contribution in [3.05, 3.63) is 42.2 Å². The van der Waals surface area contributed by atoms with Gasteiger partial charge in [-0.05, 0) is 32.9 Å². The van der Waals surface area contributed by atoms with Gasteiger partial charge in [-0.2, -0.15) is 0 Å². The fourth-order valence-electron chi connectivity index (χ4n) is 0.857. The van der Waals surface area contributed by atoms with Crippen LogP contribution in [0.4, 0.5) is 5.69 Å². The van der Waals surface area contributed by atoms with E-state index in [1.165, 1.54) is 5.56 Å². The minimum atomic E-state index is -0.369. The zero-order valence-electron chi connectivity index (χ0n) is 10.2. The molecule has 3 heteroatoms. The van der Waals surface area contributed by atoms with Crippen LogP contribution in [-0.4, -0.2) is 17.8 Å². The van der Waals surface area contributed by atoms with Crippen LogP contribution in [0.15, 0.2) is 36.6 Å². The summed E-state index contributed by atoms with van der Waals surface area (Å²) in [5.41, 5.74) is 7.51. The first-order chi connectivity index (χ1) is 7.56. The van der Waals surface area contributed by atoms with Crippen LogP contribution < -0.4 is 5.73 Å². The maximum Gasteiger partial charge on any atom is 0.113 e. The maximum absolute atomic E-state index is 8.62. The molecule has 0 aliphatic heterocycles. The van der Waals surface area contributed by atoms with Gasteiger partial charge < -0.3 is 15.6 Å². The summed E-state index contributed by atoms with van der Waals surface area (Å²) in [6.45, 7) is 5.97. The SMILES string of the molecule is CC=COCC(C)O.Cc1ccc(N)cc1. The number of anilines is 1. The normalized spacial score (nSPS) is 11.8. The quantitative estimate of drug-likeness (QED) is 0.611. The van der Waals surface area contributed by atoms with Crippen molar-refractivity contribution < 1.29 is 9.84 Å². The van der Waals surface area contributed by atoms with E-state index in [0.717, 1.165) is 5.69 Å². The van der Waals surface area contributed by atoms with Crippen molar-refractivity contribution in [2.24, 2.45) is 0 Å². The lowest BCUT2D eigenvalue weighted by Crippen LogP contribution is -2.06. The highest BCUT2D eigenvalue weighted by Gasteiger charge is 1.89. The summed E-state index contributed by atoms with van der Waals surface area (Å²) >= 11 is 0. The number of nitrogen functional groups attached to an aromatic ring is 1. The van der Waals surface area contributed by atoms with Crippen LogP contribution in [0.2, 0.25) is 0 Å². The van der Waals surface area contributed by atoms with Gasteiger partial charge in [-0.1, -0.05) is 23.8 Å². The van der Waals surface area contributed by atoms with Gasteiger partial charge in [0.1, 0.15) is 6.61 Å². The Kier molecular flexibility index (Phi) is 7.98. The van der Waals surface area contributed by atoms with Gasteiger partial charge in [0, 0.05) is 5.69 Å². The molecule has 0 saturated carbocycles. The van der Waals surface area contributed by atoms with Gasteiger partial charge in [0.25, 0.3) is 0 Å². The number of hydrogen-bond acceptors (Lipinski definition) is 3. The molecule has 0 radical (unpaired) electrons. The molecule has 3 nitrogen and oxygen atoms in total. The summed E-state index contributed by atoms with van der Waals surface area (Å²) in [7, 11) is 0. The Morgan fingerprint density at radius 2 is 1.94 bits per heavy atom. The van der Waals surface area contributed by atoms with Gasteiger partial charge in [0.05, 0.1) is 12.4 Å². The molecule has 3 N–H and O–H groups in total. The van der Waals surface area contributed by atoms with E-state index in [4.69, 9.17) is 15.6 Å². The van der Waals surface area contributed by atoms with Crippen molar-refractivity contribution in [3.8, 4) is 0 Å². The highest BCUT2D eigenvalue weighted by Crippen LogP contribution is 2.02. The zero-order valence-corrected chi connectivity index (χ0v) is 10.2. The fourth-order valence-corrected chi connectivity index (χ4v) is 0.857. The van der Waals surface area contributed by atoms with E-state index in [1.54, 1.807) is 19.3 Å². The largest absolute Gasteiger partial charge is 0.499 e. The number of benzene rings is 1. The lowest BCUT2D eigenvalue weighted by molar-refractivity contribution is 0.0975. The number of aryl methyl sites for hydroxylation is 1. The van der Waals surface area contributed by atoms with Crippen LogP contribution in [0.3, 0.4) is 0 Å². The molecule has 0 spiro atoms. The summed E-state index contributed by atoms with van der Waals surface area (Å²) in [5, 5.41) is 8.62. The Balaban J connectivity index is 0.000000281. The van der Waals surface area contributed by atoms with E-state index in [2.05, 4.69) is 0 Å². The molecule has 0 aromatic heterocycles. The van der Waals surface area contributed by atoms with Crippen molar-refractivity contribution >= 4 is 5.69 Å². The third-order valence-electron chi connectivity index (χ3n) is 1.65. The zero-order chi connectivity index (χ0) is 12.4. The molecular weight excluding hydrogens is 202 g/mol. The van der Waals surface area contributed by atoms with Gasteiger partial charge >= 0.3 is 0 Å². The summed E-state index contributed by atoms with van der Waals surface area (Å²) in [5.74, 6) is 0. The fraction of sp³-hybridized carbons (Fsp3) is 0.385. The molecule has 0 fully saturated rings. The number of ether oxygens (including phenoxy) is 1. The third kappa shape index (κ3) is 9.09. The molecule has 0 saturated heterocycles. The lowest BCUT2D eigenvalue weighted by atomic mass is 10.2. The predicted octanol–water partition coefficient (Wildman–Crippen LogP) is 2.49. The molecule has 0 bridgehead atoms. The van der Waals surface area contributed by atoms with E-state index in [9.17, 15) is 0 Å². The Bertz CT molecular complexity index is 270. The number of rotatable bonds is 3. The van der Waals surface area contributed by atoms with Gasteiger partial charge in [-0.15, -0.1) is 0 Å². The third-order valence-corrected chi connectivity index (χ3v) is 1.65. The van der Waals surface area contributed by atoms with Crippen LogP contribution in [-0.2, 0) is 4.74 Å². The summed E-state index contributed by atoms with van der Waals surface area (Å²) in [6, 6.07) is 7.79. The van der Waals surface area contributed by atoms with E-state index in [0.29, 0.717) is 6.61 Å². The molecule has 0 amide bonds. The van der Waals surface area contributed by atoms with Crippen molar-refractivity contribution in [1.29, 1.82) is 0 Å². The Morgan fingerprint density at radius 1 is 1.38 bits per heavy atom. The first-order valence-electron chi connectivity index (χ1n) is 5.29. The van der Waals surface area contributed by atoms with Crippen molar-refractivity contribution in [2.45, 2.75) is 26.9 Å². The number of aliphatic hydroxyl groups excluding tert-OH is 1. The molecule has 1 aromatic rings. The molecule has 0 aliphatic carbocycles. The molecule has 16 heavy (non-hydrogen) atoms. The van der Waals surface area contributed by atoms with Gasteiger partial charge in [-0.3, -0.25) is 0 Å². The van der Waals surface area contributed by atoms with Crippen LogP contribution in [0.5, 0.6) is 0 Å². The molecule has 0 aliphatic rings. The molecule has 0 heterocycles. The molecule has 1 atom stereocenters. The van der Waals surface area contributed by atoms with Crippen molar-refractivity contribution in [2.75, 3.05) is 12.3 Å². The average molecular weight is 223 g/mol. The van der Waals surface area contributed by atoms with Gasteiger partial charge in [0.15, 0.2) is 0 Å². The van der Waals surface area contributed by atoms with Crippen molar-refractivity contribution in [1.82, 2.24) is 0 Å². The second-order valence-corrected chi connectivity index (χ2v) is 3.56. The minimum Gasteiger partial charge on any atom is -0.499 e. The van der Waals surface area contributed by atoms with E-state index >= 15 is 0 Å². The minimum absolute atomic E-state index is 0.369. The van der Waals surface area contributed by atoms with Crippen LogP contribution in [0.25, 0.3) is 0 Å². The van der Waals surface area contributed by atoms with Crippen LogP contribution >= 0.6 is 0 Å². The summed E-state index contributed by atoms with van der Waals surface area (Å²) < 4.78 is 4.81. The second-order valence-electron chi connectivity index (χ2n) is 3.56. The molecule has 1 rings (SSSR count). The number of allylic oxidation sites excluding steroid dienone is 1. The average Bonchev–Trinajstić information content (AvgIpc) is 2.23. The Morgan fingerprint density at radius 3 is 2.31 bits per heavy atom. The van der Waals surface area contributed by atoms with E-state index in [-0.39, 0.29) is 6.10 Å². The molecule has 1 aromatic carbocycles. The molecule has 90 valence electrons. The lowest BCUT2D eigenvalue weighted by Gasteiger charge is -2.00. The van der Waals surface area contributed by atoms with Crippen molar-refractivity contribution in [3.63, 3.8) is 0 Å². The van der Waals surface area contributed by atoms with Gasteiger partial charge in [-0.25, -0.2) is 0 Å². The van der Waals surface area contributed by atoms with E-state index in [1.807, 2.05) is 38.1 Å². The highest BCUT2D eigenvalue weighted by molar-refractivity contribution is 5.38. The topological polar surface area (TPSA) is 55.5 Å². The smallest absolute Gasteiger partial charge is 0.113 e. The van der Waals surface area contributed by atoms with Gasteiger partial charge in [0.2, 0.25) is 0 Å². The summed E-state index contributed by atoms with van der Waals surface area (Å²) in [6.07, 6.45) is 2.97. The maximum atomic E-state index is 8.62. The van der Waals surface area contributed by atoms with Crippen LogP contribution in [0.1, 0.15) is 19.4 Å². The Hall–Kier alpha value is -1.48. The first-order valence-corrected chi connectivity index (χ1v) is 5.29. The standard InChI is InChI=1S/C7H9N.C6H12O2/c1-6-2-4-7(8)5-3-6;1-3-4-8-5-6(2)7/h2-5H,8H2,1H3;3-4,6-7H,5H2,1-2H3. The van der Waals surface area contributed by atoms with E-state index < -0.39 is 0 Å². The predicted molar refractivity (Wildman–Crippen MR) is 68.0 cm³/mol. The number of hydrogen-bond donors (Lipinski definition) is 2. The first kappa shape index (κ1) is 14.5. The molecule has 1 unspecified atom stereocenters. The van der Waals surface area contributed by atoms with Crippen LogP contribution in [0, 0.1) is 6.92 Å². The summed E-state index contributed by atoms with van der Waals surface area (Å²) in [4.78, 5) is 0.